The highest BCUT2D eigenvalue weighted by Crippen LogP contribution is 2.25. The Kier molecular flexibility index (Phi) is 3.92. The van der Waals surface area contributed by atoms with Crippen LogP contribution in [-0.4, -0.2) is 47.8 Å². The third kappa shape index (κ3) is 2.78. The van der Waals surface area contributed by atoms with Gasteiger partial charge in [0.1, 0.15) is 0 Å². The first-order valence-corrected chi connectivity index (χ1v) is 7.60. The Balaban J connectivity index is 1.69. The van der Waals surface area contributed by atoms with E-state index < -0.39 is 5.91 Å². The molecular formula is C16H21N3O2. The smallest absolute Gasteiger partial charge is 0.255 e. The molecule has 1 fully saturated rings. The molecular weight excluding hydrogens is 266 g/mol. The molecule has 0 aliphatic carbocycles. The molecule has 1 aromatic rings. The van der Waals surface area contributed by atoms with Gasteiger partial charge in [-0.2, -0.15) is 0 Å². The van der Waals surface area contributed by atoms with Crippen LogP contribution >= 0.6 is 0 Å². The Bertz CT molecular complexity index is 565. The van der Waals surface area contributed by atoms with Gasteiger partial charge in [-0.25, -0.2) is 0 Å². The van der Waals surface area contributed by atoms with Gasteiger partial charge in [0.2, 0.25) is 5.91 Å². The molecule has 5 nitrogen and oxygen atoms in total. The molecule has 2 amide bonds. The number of nitrogens with two attached hydrogens (primary N) is 1. The summed E-state index contributed by atoms with van der Waals surface area (Å²) in [5.41, 5.74) is 7.13. The largest absolute Gasteiger partial charge is 0.366 e. The first kappa shape index (κ1) is 14.1. The van der Waals surface area contributed by atoms with Crippen LogP contribution in [0.5, 0.6) is 0 Å². The van der Waals surface area contributed by atoms with Crippen LogP contribution in [-0.2, 0) is 6.54 Å². The quantitative estimate of drug-likeness (QED) is 0.905. The zero-order valence-electron chi connectivity index (χ0n) is 12.2. The van der Waals surface area contributed by atoms with Crippen LogP contribution in [0.4, 0.5) is 0 Å². The first-order chi connectivity index (χ1) is 10.2. The lowest BCUT2D eigenvalue weighted by atomic mass is 10.0. The molecule has 0 saturated carbocycles. The van der Waals surface area contributed by atoms with Crippen molar-refractivity contribution in [2.75, 3.05) is 26.2 Å². The van der Waals surface area contributed by atoms with Crippen molar-refractivity contribution < 1.29 is 9.59 Å². The van der Waals surface area contributed by atoms with Crippen molar-refractivity contribution in [3.8, 4) is 0 Å². The Morgan fingerprint density at radius 2 is 1.90 bits per heavy atom. The van der Waals surface area contributed by atoms with Crippen molar-refractivity contribution in [3.05, 3.63) is 34.9 Å². The molecule has 0 spiro atoms. The normalized spacial score (nSPS) is 18.9. The van der Waals surface area contributed by atoms with E-state index in [9.17, 15) is 9.59 Å². The van der Waals surface area contributed by atoms with Gasteiger partial charge >= 0.3 is 0 Å². The number of carbonyl (C=O) groups excluding carboxylic acids is 2. The minimum atomic E-state index is -0.530. The molecule has 2 aliphatic rings. The molecule has 2 aliphatic heterocycles. The lowest BCUT2D eigenvalue weighted by molar-refractivity contribution is 0.0749. The SMILES string of the molecule is NC(=O)c1cccc2c1C(=O)N(CCN1CCCCC1)C2. The summed E-state index contributed by atoms with van der Waals surface area (Å²) in [6.07, 6.45) is 3.81. The van der Waals surface area contributed by atoms with Crippen LogP contribution in [0.3, 0.4) is 0 Å². The van der Waals surface area contributed by atoms with Crippen molar-refractivity contribution >= 4 is 11.8 Å². The third-order valence-corrected chi connectivity index (χ3v) is 4.41. The lowest BCUT2D eigenvalue weighted by Gasteiger charge is -2.28. The molecule has 3 rings (SSSR count). The summed E-state index contributed by atoms with van der Waals surface area (Å²) in [6, 6.07) is 5.33. The number of benzene rings is 1. The molecule has 0 unspecified atom stereocenters. The summed E-state index contributed by atoms with van der Waals surface area (Å²) in [6.45, 7) is 4.46. The number of hydrogen-bond donors (Lipinski definition) is 1. The van der Waals surface area contributed by atoms with Crippen LogP contribution in [0.25, 0.3) is 0 Å². The maximum atomic E-state index is 12.5. The molecule has 21 heavy (non-hydrogen) atoms. The van der Waals surface area contributed by atoms with Crippen molar-refractivity contribution in [3.63, 3.8) is 0 Å². The molecule has 5 heteroatoms. The highest BCUT2D eigenvalue weighted by Gasteiger charge is 2.31. The fourth-order valence-corrected chi connectivity index (χ4v) is 3.25. The second-order valence-corrected chi connectivity index (χ2v) is 5.83. The fraction of sp³-hybridized carbons (Fsp3) is 0.500. The Morgan fingerprint density at radius 1 is 1.14 bits per heavy atom. The fourth-order valence-electron chi connectivity index (χ4n) is 3.25. The van der Waals surface area contributed by atoms with E-state index in [1.54, 1.807) is 12.1 Å². The van der Waals surface area contributed by atoms with Crippen molar-refractivity contribution in [1.82, 2.24) is 9.80 Å². The monoisotopic (exact) mass is 287 g/mol. The lowest BCUT2D eigenvalue weighted by Crippen LogP contribution is -2.38. The summed E-state index contributed by atoms with van der Waals surface area (Å²) in [5, 5.41) is 0. The number of hydrogen-bond acceptors (Lipinski definition) is 3. The minimum absolute atomic E-state index is 0.0589. The van der Waals surface area contributed by atoms with Gasteiger partial charge in [0, 0.05) is 19.6 Å². The molecule has 0 radical (unpaired) electrons. The standard InChI is InChI=1S/C16H21N3O2/c17-15(20)13-6-4-5-12-11-19(16(21)14(12)13)10-9-18-7-2-1-3-8-18/h4-6H,1-3,7-11H2,(H2,17,20). The van der Waals surface area contributed by atoms with Crippen LogP contribution < -0.4 is 5.73 Å². The van der Waals surface area contributed by atoms with E-state index in [0.717, 1.165) is 25.2 Å². The number of likely N-dealkylation sites (tertiary alicyclic amines) is 1. The van der Waals surface area contributed by atoms with Crippen LogP contribution in [0.1, 0.15) is 45.5 Å². The summed E-state index contributed by atoms with van der Waals surface area (Å²) in [4.78, 5) is 28.2. The third-order valence-electron chi connectivity index (χ3n) is 4.41. The molecule has 0 atom stereocenters. The zero-order chi connectivity index (χ0) is 14.8. The van der Waals surface area contributed by atoms with E-state index in [2.05, 4.69) is 4.90 Å². The van der Waals surface area contributed by atoms with Crippen LogP contribution in [0.2, 0.25) is 0 Å². The van der Waals surface area contributed by atoms with E-state index >= 15 is 0 Å². The number of amides is 2. The topological polar surface area (TPSA) is 66.6 Å². The van der Waals surface area contributed by atoms with E-state index in [4.69, 9.17) is 5.73 Å². The Morgan fingerprint density at radius 3 is 2.62 bits per heavy atom. The van der Waals surface area contributed by atoms with Gasteiger partial charge in [-0.15, -0.1) is 0 Å². The van der Waals surface area contributed by atoms with Gasteiger partial charge < -0.3 is 15.5 Å². The molecule has 1 aromatic carbocycles. The van der Waals surface area contributed by atoms with Gasteiger partial charge in [-0.05, 0) is 37.6 Å². The van der Waals surface area contributed by atoms with Crippen LogP contribution in [0, 0.1) is 0 Å². The highest BCUT2D eigenvalue weighted by molar-refractivity contribution is 6.09. The number of primary amides is 1. The summed E-state index contributed by atoms with van der Waals surface area (Å²) < 4.78 is 0. The van der Waals surface area contributed by atoms with Crippen LogP contribution in [0.15, 0.2) is 18.2 Å². The maximum Gasteiger partial charge on any atom is 0.255 e. The second kappa shape index (κ2) is 5.85. The molecule has 112 valence electrons. The van der Waals surface area contributed by atoms with E-state index in [0.29, 0.717) is 24.2 Å². The zero-order valence-corrected chi connectivity index (χ0v) is 12.2. The second-order valence-electron chi connectivity index (χ2n) is 5.83. The molecule has 2 heterocycles. The maximum absolute atomic E-state index is 12.5. The van der Waals surface area contributed by atoms with Gasteiger partial charge in [0.05, 0.1) is 11.1 Å². The van der Waals surface area contributed by atoms with Gasteiger partial charge in [-0.3, -0.25) is 9.59 Å². The summed E-state index contributed by atoms with van der Waals surface area (Å²) >= 11 is 0. The molecule has 0 aromatic heterocycles. The predicted molar refractivity (Wildman–Crippen MR) is 80.0 cm³/mol. The number of carbonyl (C=O) groups is 2. The summed E-state index contributed by atoms with van der Waals surface area (Å²) in [5.74, 6) is -0.588. The predicted octanol–water partition coefficient (Wildman–Crippen LogP) is 1.23. The number of nitrogens with zero attached hydrogens (tertiary/aromatic N) is 2. The van der Waals surface area contributed by atoms with E-state index in [-0.39, 0.29) is 5.91 Å². The Hall–Kier alpha value is -1.88. The number of fused-ring (bicyclic) bond motifs is 1. The molecule has 1 saturated heterocycles. The average molecular weight is 287 g/mol. The van der Waals surface area contributed by atoms with Crippen molar-refractivity contribution in [1.29, 1.82) is 0 Å². The van der Waals surface area contributed by atoms with E-state index in [1.165, 1.54) is 19.3 Å². The minimum Gasteiger partial charge on any atom is -0.366 e. The van der Waals surface area contributed by atoms with Gasteiger partial charge in [0.25, 0.3) is 5.91 Å². The number of rotatable bonds is 4. The summed E-state index contributed by atoms with van der Waals surface area (Å²) in [7, 11) is 0. The number of piperidine rings is 1. The average Bonchev–Trinajstić information content (AvgIpc) is 2.83. The molecule has 0 bridgehead atoms. The first-order valence-electron chi connectivity index (χ1n) is 7.60. The highest BCUT2D eigenvalue weighted by atomic mass is 16.2. The van der Waals surface area contributed by atoms with Crippen molar-refractivity contribution in [2.24, 2.45) is 5.73 Å². The van der Waals surface area contributed by atoms with Gasteiger partial charge in [0.15, 0.2) is 0 Å². The van der Waals surface area contributed by atoms with Crippen molar-refractivity contribution in [2.45, 2.75) is 25.8 Å². The van der Waals surface area contributed by atoms with E-state index in [1.807, 2.05) is 11.0 Å². The Labute approximate surface area is 124 Å². The van der Waals surface area contributed by atoms with Gasteiger partial charge in [-0.1, -0.05) is 18.6 Å². The molecule has 2 N–H and O–H groups in total.